The maximum atomic E-state index is 12.3. The van der Waals surface area contributed by atoms with Crippen LogP contribution in [0.5, 0.6) is 0 Å². The third-order valence-corrected chi connectivity index (χ3v) is 5.99. The molecule has 0 unspecified atom stereocenters. The van der Waals surface area contributed by atoms with E-state index in [1.165, 1.54) is 15.6 Å². The predicted molar refractivity (Wildman–Crippen MR) is 74.3 cm³/mol. The highest BCUT2D eigenvalue weighted by Crippen LogP contribution is 2.27. The van der Waals surface area contributed by atoms with Gasteiger partial charge in [0.05, 0.1) is 11.5 Å². The zero-order valence-corrected chi connectivity index (χ0v) is 12.8. The van der Waals surface area contributed by atoms with Gasteiger partial charge >= 0.3 is 0 Å². The molecule has 6 heteroatoms. The summed E-state index contributed by atoms with van der Waals surface area (Å²) in [6.45, 7) is 4.29. The van der Waals surface area contributed by atoms with Crippen LogP contribution in [-0.4, -0.2) is 31.4 Å². The Balaban J connectivity index is 2.87. The molecular formula is C12H21NO3S2. The molecule has 0 aliphatic rings. The van der Waals surface area contributed by atoms with Crippen molar-refractivity contribution in [2.45, 2.75) is 44.6 Å². The van der Waals surface area contributed by atoms with E-state index in [1.54, 1.807) is 20.0 Å². The zero-order chi connectivity index (χ0) is 13.8. The van der Waals surface area contributed by atoms with E-state index in [2.05, 4.69) is 6.92 Å². The summed E-state index contributed by atoms with van der Waals surface area (Å²) in [4.78, 5) is 1.75. The first kappa shape index (κ1) is 15.6. The quantitative estimate of drug-likeness (QED) is 0.785. The highest BCUT2D eigenvalue weighted by molar-refractivity contribution is 7.89. The number of aryl methyl sites for hydroxylation is 1. The van der Waals surface area contributed by atoms with Crippen molar-refractivity contribution >= 4 is 21.4 Å². The lowest BCUT2D eigenvalue weighted by Crippen LogP contribution is -2.28. The SMILES string of the molecule is CCCCCN(C)S(=O)(=O)c1cc(CO)sc1C. The molecule has 0 aliphatic heterocycles. The Morgan fingerprint density at radius 2 is 2.06 bits per heavy atom. The summed E-state index contributed by atoms with van der Waals surface area (Å²) in [5.74, 6) is 0. The molecule has 0 saturated heterocycles. The Labute approximate surface area is 113 Å². The van der Waals surface area contributed by atoms with E-state index < -0.39 is 10.0 Å². The molecular weight excluding hydrogens is 270 g/mol. The standard InChI is InChI=1S/C12H21NO3S2/c1-4-5-6-7-13(3)18(15,16)12-8-11(9-14)17-10(12)2/h8,14H,4-7,9H2,1-3H3. The monoisotopic (exact) mass is 291 g/mol. The first-order chi connectivity index (χ1) is 8.43. The van der Waals surface area contributed by atoms with Crippen LogP contribution in [0.4, 0.5) is 0 Å². The molecule has 4 nitrogen and oxygen atoms in total. The number of aliphatic hydroxyl groups excluding tert-OH is 1. The lowest BCUT2D eigenvalue weighted by atomic mass is 10.2. The highest BCUT2D eigenvalue weighted by atomic mass is 32.2. The first-order valence-electron chi connectivity index (χ1n) is 6.10. The van der Waals surface area contributed by atoms with Gasteiger partial charge in [0.2, 0.25) is 10.0 Å². The second-order valence-electron chi connectivity index (χ2n) is 4.32. The van der Waals surface area contributed by atoms with Crippen LogP contribution in [0.25, 0.3) is 0 Å². The van der Waals surface area contributed by atoms with Gasteiger partial charge in [0.25, 0.3) is 0 Å². The molecule has 18 heavy (non-hydrogen) atoms. The third kappa shape index (κ3) is 3.54. The number of rotatable bonds is 7. The van der Waals surface area contributed by atoms with Crippen LogP contribution in [0.2, 0.25) is 0 Å². The van der Waals surface area contributed by atoms with Crippen molar-refractivity contribution in [3.8, 4) is 0 Å². The fourth-order valence-corrected chi connectivity index (χ4v) is 4.40. The summed E-state index contributed by atoms with van der Waals surface area (Å²) in [6, 6.07) is 1.58. The van der Waals surface area contributed by atoms with E-state index in [1.807, 2.05) is 0 Å². The molecule has 104 valence electrons. The number of unbranched alkanes of at least 4 members (excludes halogenated alkanes) is 2. The van der Waals surface area contributed by atoms with E-state index >= 15 is 0 Å². The van der Waals surface area contributed by atoms with Crippen molar-refractivity contribution in [2.75, 3.05) is 13.6 Å². The lowest BCUT2D eigenvalue weighted by molar-refractivity contribution is 0.285. The molecule has 0 atom stereocenters. The summed E-state index contributed by atoms with van der Waals surface area (Å²) in [7, 11) is -1.79. The molecule has 0 amide bonds. The lowest BCUT2D eigenvalue weighted by Gasteiger charge is -2.16. The van der Waals surface area contributed by atoms with E-state index in [-0.39, 0.29) is 6.61 Å². The van der Waals surface area contributed by atoms with Gasteiger partial charge in [-0.1, -0.05) is 19.8 Å². The second kappa shape index (κ2) is 6.65. The molecule has 1 rings (SSSR count). The van der Waals surface area contributed by atoms with E-state index in [9.17, 15) is 8.42 Å². The van der Waals surface area contributed by atoms with Crippen LogP contribution in [0, 0.1) is 6.92 Å². The second-order valence-corrected chi connectivity index (χ2v) is 7.68. The van der Waals surface area contributed by atoms with Gasteiger partial charge in [0.1, 0.15) is 0 Å². The largest absolute Gasteiger partial charge is 0.391 e. The van der Waals surface area contributed by atoms with E-state index in [4.69, 9.17) is 5.11 Å². The van der Waals surface area contributed by atoms with Gasteiger partial charge in [0, 0.05) is 23.3 Å². The average molecular weight is 291 g/mol. The Bertz CT molecular complexity index is 480. The fourth-order valence-electron chi connectivity index (χ4n) is 1.73. The fraction of sp³-hybridized carbons (Fsp3) is 0.667. The number of hydrogen-bond acceptors (Lipinski definition) is 4. The molecule has 0 fully saturated rings. The minimum Gasteiger partial charge on any atom is -0.391 e. The normalized spacial score (nSPS) is 12.3. The molecule has 0 bridgehead atoms. The Kier molecular flexibility index (Phi) is 5.78. The Morgan fingerprint density at radius 3 is 2.56 bits per heavy atom. The number of thiophene rings is 1. The third-order valence-electron chi connectivity index (χ3n) is 2.84. The highest BCUT2D eigenvalue weighted by Gasteiger charge is 2.24. The smallest absolute Gasteiger partial charge is 0.243 e. The maximum Gasteiger partial charge on any atom is 0.243 e. The van der Waals surface area contributed by atoms with E-state index in [0.29, 0.717) is 16.3 Å². The summed E-state index contributed by atoms with van der Waals surface area (Å²) in [6.07, 6.45) is 2.98. The first-order valence-corrected chi connectivity index (χ1v) is 8.35. The maximum absolute atomic E-state index is 12.3. The average Bonchev–Trinajstić information content (AvgIpc) is 2.71. The van der Waals surface area contributed by atoms with Gasteiger partial charge < -0.3 is 5.11 Å². The molecule has 1 heterocycles. The number of hydrogen-bond donors (Lipinski definition) is 1. The summed E-state index contributed by atoms with van der Waals surface area (Å²) >= 11 is 1.33. The van der Waals surface area contributed by atoms with Crippen LogP contribution in [0.1, 0.15) is 35.9 Å². The number of nitrogens with zero attached hydrogens (tertiary/aromatic N) is 1. The van der Waals surface area contributed by atoms with Gasteiger partial charge in [-0.3, -0.25) is 0 Å². The van der Waals surface area contributed by atoms with Gasteiger partial charge in [-0.25, -0.2) is 12.7 Å². The van der Waals surface area contributed by atoms with Crippen LogP contribution in [0.3, 0.4) is 0 Å². The number of sulfonamides is 1. The van der Waals surface area contributed by atoms with Gasteiger partial charge in [-0.2, -0.15) is 0 Å². The molecule has 0 saturated carbocycles. The molecule has 1 aromatic heterocycles. The van der Waals surface area contributed by atoms with Crippen LogP contribution in [0.15, 0.2) is 11.0 Å². The Hall–Kier alpha value is -0.430. The zero-order valence-electron chi connectivity index (χ0n) is 11.1. The molecule has 1 N–H and O–H groups in total. The summed E-state index contributed by atoms with van der Waals surface area (Å²) < 4.78 is 26.1. The molecule has 0 aromatic carbocycles. The van der Waals surface area contributed by atoms with Crippen LogP contribution in [-0.2, 0) is 16.6 Å². The van der Waals surface area contributed by atoms with E-state index in [0.717, 1.165) is 24.1 Å². The van der Waals surface area contributed by atoms with Crippen LogP contribution >= 0.6 is 11.3 Å². The van der Waals surface area contributed by atoms with Crippen molar-refractivity contribution in [3.05, 3.63) is 15.8 Å². The topological polar surface area (TPSA) is 57.6 Å². The predicted octanol–water partition coefficient (Wildman–Crippen LogP) is 2.36. The Morgan fingerprint density at radius 1 is 1.39 bits per heavy atom. The molecule has 0 aliphatic carbocycles. The van der Waals surface area contributed by atoms with Gasteiger partial charge in [-0.05, 0) is 19.4 Å². The summed E-state index contributed by atoms with van der Waals surface area (Å²) in [5.41, 5.74) is 0. The van der Waals surface area contributed by atoms with Gasteiger partial charge in [-0.15, -0.1) is 11.3 Å². The minimum absolute atomic E-state index is 0.111. The minimum atomic E-state index is -3.41. The van der Waals surface area contributed by atoms with Gasteiger partial charge in [0.15, 0.2) is 0 Å². The van der Waals surface area contributed by atoms with Crippen molar-refractivity contribution < 1.29 is 13.5 Å². The number of aliphatic hydroxyl groups is 1. The molecule has 1 aromatic rings. The van der Waals surface area contributed by atoms with Crippen molar-refractivity contribution in [1.82, 2.24) is 4.31 Å². The van der Waals surface area contributed by atoms with Crippen molar-refractivity contribution in [3.63, 3.8) is 0 Å². The van der Waals surface area contributed by atoms with Crippen molar-refractivity contribution in [2.24, 2.45) is 0 Å². The summed E-state index contributed by atoms with van der Waals surface area (Å²) in [5, 5.41) is 9.06. The van der Waals surface area contributed by atoms with Crippen molar-refractivity contribution in [1.29, 1.82) is 0 Å². The molecule has 0 spiro atoms. The van der Waals surface area contributed by atoms with Crippen LogP contribution < -0.4 is 0 Å². The molecule has 0 radical (unpaired) electrons.